The Morgan fingerprint density at radius 1 is 0.871 bits per heavy atom. The topological polar surface area (TPSA) is 118 Å². The van der Waals surface area contributed by atoms with E-state index in [1.165, 1.54) is 18.2 Å². The Kier molecular flexibility index (Phi) is 7.31. The second-order valence-corrected chi connectivity index (χ2v) is 6.83. The third-order valence-electron chi connectivity index (χ3n) is 4.13. The van der Waals surface area contributed by atoms with Crippen LogP contribution in [0.25, 0.3) is 11.1 Å². The normalized spacial score (nSPS) is 10.4. The first kappa shape index (κ1) is 21.9. The molecule has 31 heavy (non-hydrogen) atoms. The van der Waals surface area contributed by atoms with Crippen molar-refractivity contribution in [3.63, 3.8) is 0 Å². The molecule has 0 bridgehead atoms. The average Bonchev–Trinajstić information content (AvgIpc) is 2.76. The van der Waals surface area contributed by atoms with Crippen LogP contribution in [0.3, 0.4) is 0 Å². The number of aromatic nitrogens is 1. The summed E-state index contributed by atoms with van der Waals surface area (Å²) in [4.78, 5) is 39.2. The highest BCUT2D eigenvalue weighted by atomic mass is 35.5. The monoisotopic (exact) mass is 439 g/mol. The van der Waals surface area contributed by atoms with Crippen molar-refractivity contribution < 1.29 is 24.2 Å². The van der Waals surface area contributed by atoms with Crippen molar-refractivity contribution in [3.8, 4) is 11.1 Å². The van der Waals surface area contributed by atoms with E-state index in [2.05, 4.69) is 15.6 Å². The highest BCUT2D eigenvalue weighted by Crippen LogP contribution is 2.21. The van der Waals surface area contributed by atoms with Gasteiger partial charge in [-0.3, -0.25) is 14.6 Å². The number of amides is 2. The molecule has 0 aliphatic rings. The number of anilines is 2. The molecule has 3 aromatic rings. The van der Waals surface area contributed by atoms with Crippen molar-refractivity contribution in [3.05, 3.63) is 77.6 Å². The molecule has 0 saturated heterocycles. The molecule has 0 unspecified atom stereocenters. The molecule has 158 valence electrons. The van der Waals surface area contributed by atoms with Crippen LogP contribution in [-0.2, 0) is 14.3 Å². The van der Waals surface area contributed by atoms with E-state index in [1.807, 2.05) is 24.3 Å². The van der Waals surface area contributed by atoms with Crippen LogP contribution in [0.5, 0.6) is 0 Å². The smallest absolute Gasteiger partial charge is 0.337 e. The van der Waals surface area contributed by atoms with Gasteiger partial charge in [0.1, 0.15) is 13.2 Å². The minimum atomic E-state index is -1.23. The maximum absolute atomic E-state index is 12.0. The van der Waals surface area contributed by atoms with E-state index < -0.39 is 24.4 Å². The number of carboxylic acid groups (broad SMARTS) is 1. The first-order chi connectivity index (χ1) is 14.9. The third kappa shape index (κ3) is 6.36. The number of carbonyl (C=O) groups is 3. The number of pyridine rings is 1. The lowest BCUT2D eigenvalue weighted by molar-refractivity contribution is -0.125. The second-order valence-electron chi connectivity index (χ2n) is 6.40. The predicted octanol–water partition coefficient (Wildman–Crippen LogP) is 3.69. The van der Waals surface area contributed by atoms with Crippen molar-refractivity contribution in [1.82, 2.24) is 4.98 Å². The number of carbonyl (C=O) groups excluding carboxylic acids is 2. The Morgan fingerprint density at radius 2 is 1.48 bits per heavy atom. The van der Waals surface area contributed by atoms with Crippen LogP contribution in [0.15, 0.2) is 67.0 Å². The number of nitrogens with one attached hydrogen (secondary N) is 2. The lowest BCUT2D eigenvalue weighted by Gasteiger charge is -2.10. The molecule has 0 atom stereocenters. The largest absolute Gasteiger partial charge is 0.478 e. The van der Waals surface area contributed by atoms with Crippen molar-refractivity contribution in [2.45, 2.75) is 0 Å². The Bertz CT molecular complexity index is 1090. The maximum Gasteiger partial charge on any atom is 0.337 e. The Balaban J connectivity index is 1.46. The zero-order valence-corrected chi connectivity index (χ0v) is 16.9. The molecule has 0 aliphatic carbocycles. The van der Waals surface area contributed by atoms with E-state index >= 15 is 0 Å². The lowest BCUT2D eigenvalue weighted by Crippen LogP contribution is -2.24. The van der Waals surface area contributed by atoms with Crippen LogP contribution in [0.4, 0.5) is 11.4 Å². The van der Waals surface area contributed by atoms with Gasteiger partial charge in [-0.2, -0.15) is 0 Å². The van der Waals surface area contributed by atoms with Gasteiger partial charge in [0.05, 0.1) is 11.3 Å². The highest BCUT2D eigenvalue weighted by Gasteiger charge is 2.14. The zero-order chi connectivity index (χ0) is 22.2. The molecule has 0 spiro atoms. The van der Waals surface area contributed by atoms with E-state index in [9.17, 15) is 19.5 Å². The molecule has 0 saturated carbocycles. The summed E-state index contributed by atoms with van der Waals surface area (Å²) < 4.78 is 5.11. The zero-order valence-electron chi connectivity index (χ0n) is 16.2. The van der Waals surface area contributed by atoms with E-state index in [1.54, 1.807) is 24.5 Å². The number of nitrogens with zero attached hydrogens (tertiary/aromatic N) is 1. The predicted molar refractivity (Wildman–Crippen MR) is 116 cm³/mol. The molecular weight excluding hydrogens is 422 g/mol. The molecule has 3 N–H and O–H groups in total. The summed E-state index contributed by atoms with van der Waals surface area (Å²) in [7, 11) is 0. The molecule has 9 heteroatoms. The summed E-state index contributed by atoms with van der Waals surface area (Å²) in [5.41, 5.74) is 2.52. The molecule has 1 aromatic heterocycles. The van der Waals surface area contributed by atoms with Crippen LogP contribution in [0, 0.1) is 0 Å². The number of rotatable bonds is 8. The summed E-state index contributed by atoms with van der Waals surface area (Å²) in [5.74, 6) is -2.26. The van der Waals surface area contributed by atoms with Gasteiger partial charge in [0.25, 0.3) is 0 Å². The van der Waals surface area contributed by atoms with Gasteiger partial charge in [0, 0.05) is 23.1 Å². The molecule has 2 aromatic carbocycles. The molecule has 3 rings (SSSR count). The number of carboxylic acids is 1. The lowest BCUT2D eigenvalue weighted by atomic mass is 10.1. The molecule has 0 aliphatic heterocycles. The van der Waals surface area contributed by atoms with Gasteiger partial charge >= 0.3 is 5.97 Å². The van der Waals surface area contributed by atoms with Gasteiger partial charge in [0.2, 0.25) is 11.8 Å². The van der Waals surface area contributed by atoms with Gasteiger partial charge < -0.3 is 20.5 Å². The number of benzene rings is 2. The van der Waals surface area contributed by atoms with Crippen LogP contribution in [0.2, 0.25) is 5.02 Å². The van der Waals surface area contributed by atoms with E-state index in [-0.39, 0.29) is 22.9 Å². The number of hydrogen-bond acceptors (Lipinski definition) is 5. The van der Waals surface area contributed by atoms with Crippen molar-refractivity contribution >= 4 is 40.8 Å². The summed E-state index contributed by atoms with van der Waals surface area (Å²) in [6.45, 7) is -0.762. The number of hydrogen-bond donors (Lipinski definition) is 3. The van der Waals surface area contributed by atoms with Crippen molar-refractivity contribution in [2.24, 2.45) is 0 Å². The Hall–Kier alpha value is -3.75. The maximum atomic E-state index is 12.0. The van der Waals surface area contributed by atoms with Crippen molar-refractivity contribution in [2.75, 3.05) is 23.8 Å². The number of halogens is 1. The van der Waals surface area contributed by atoms with E-state index in [0.29, 0.717) is 5.69 Å². The van der Waals surface area contributed by atoms with Gasteiger partial charge in [-0.15, -0.1) is 0 Å². The SMILES string of the molecule is O=C(COCC(=O)Nc1ccc(Cl)cc1C(=O)O)Nc1ccc(-c2ccncc2)cc1. The summed E-state index contributed by atoms with van der Waals surface area (Å²) in [6, 6.07) is 15.1. The molecule has 2 amide bonds. The fourth-order valence-corrected chi connectivity index (χ4v) is 2.88. The standard InChI is InChI=1S/C22H18ClN3O5/c23-16-3-6-19(18(11-16)22(29)30)26-21(28)13-31-12-20(27)25-17-4-1-14(2-5-17)15-7-9-24-10-8-15/h1-11H,12-13H2,(H,25,27)(H,26,28)(H,29,30). The van der Waals surface area contributed by atoms with Crippen LogP contribution in [0.1, 0.15) is 10.4 Å². The van der Waals surface area contributed by atoms with Crippen LogP contribution >= 0.6 is 11.6 Å². The third-order valence-corrected chi connectivity index (χ3v) is 4.37. The van der Waals surface area contributed by atoms with Gasteiger partial charge in [-0.25, -0.2) is 4.79 Å². The Labute approximate surface area is 182 Å². The van der Waals surface area contributed by atoms with E-state index in [4.69, 9.17) is 16.3 Å². The summed E-state index contributed by atoms with van der Waals surface area (Å²) in [5, 5.41) is 14.5. The molecule has 0 fully saturated rings. The first-order valence-electron chi connectivity index (χ1n) is 9.13. The minimum Gasteiger partial charge on any atom is -0.478 e. The second kappa shape index (κ2) is 10.3. The quantitative estimate of drug-likeness (QED) is 0.492. The van der Waals surface area contributed by atoms with Gasteiger partial charge in [-0.1, -0.05) is 23.7 Å². The molecule has 1 heterocycles. The van der Waals surface area contributed by atoms with Gasteiger partial charge in [0.15, 0.2) is 0 Å². The molecule has 8 nitrogen and oxygen atoms in total. The van der Waals surface area contributed by atoms with Crippen LogP contribution < -0.4 is 10.6 Å². The number of ether oxygens (including phenoxy) is 1. The van der Waals surface area contributed by atoms with E-state index in [0.717, 1.165) is 11.1 Å². The first-order valence-corrected chi connectivity index (χ1v) is 9.51. The fraction of sp³-hybridized carbons (Fsp3) is 0.0909. The van der Waals surface area contributed by atoms with Crippen LogP contribution in [-0.4, -0.2) is 41.1 Å². The van der Waals surface area contributed by atoms with Gasteiger partial charge in [-0.05, 0) is 53.6 Å². The minimum absolute atomic E-state index is 0.0873. The number of aromatic carboxylic acids is 1. The van der Waals surface area contributed by atoms with Crippen molar-refractivity contribution in [1.29, 1.82) is 0 Å². The Morgan fingerprint density at radius 3 is 2.13 bits per heavy atom. The highest BCUT2D eigenvalue weighted by molar-refractivity contribution is 6.31. The molecular formula is C22H18ClN3O5. The summed E-state index contributed by atoms with van der Waals surface area (Å²) in [6.07, 6.45) is 3.40. The average molecular weight is 440 g/mol. The summed E-state index contributed by atoms with van der Waals surface area (Å²) >= 11 is 5.77. The molecule has 0 radical (unpaired) electrons. The fourth-order valence-electron chi connectivity index (χ4n) is 2.71.